The summed E-state index contributed by atoms with van der Waals surface area (Å²) in [6.45, 7) is 0.486. The number of hydrogen-bond donors (Lipinski definition) is 0. The Labute approximate surface area is 47.6 Å². The van der Waals surface area contributed by atoms with Gasteiger partial charge in [-0.3, -0.25) is 0 Å². The Bertz CT molecular complexity index is 76.8. The summed E-state index contributed by atoms with van der Waals surface area (Å²) in [5.74, 6) is 0. The molecule has 2 nitrogen and oxygen atoms in total. The second-order valence-corrected chi connectivity index (χ2v) is 1.78. The Morgan fingerprint density at radius 3 is 2.75 bits per heavy atom. The second-order valence-electron chi connectivity index (χ2n) is 1.78. The van der Waals surface area contributed by atoms with E-state index in [9.17, 15) is 4.39 Å². The van der Waals surface area contributed by atoms with Gasteiger partial charge in [0.2, 0.25) is 0 Å². The largest absolute Gasteiger partial charge is 0.353 e. The van der Waals surface area contributed by atoms with Crippen molar-refractivity contribution < 1.29 is 13.9 Å². The van der Waals surface area contributed by atoms with E-state index in [0.29, 0.717) is 13.0 Å². The normalized spacial score (nSPS) is 38.2. The quantitative estimate of drug-likeness (QED) is 0.507. The number of alkyl halides is 1. The first kappa shape index (κ1) is 5.98. The topological polar surface area (TPSA) is 18.5 Å². The third-order valence-electron chi connectivity index (χ3n) is 1.20. The van der Waals surface area contributed by atoms with Gasteiger partial charge in [0.15, 0.2) is 12.5 Å². The highest BCUT2D eigenvalue weighted by Gasteiger charge is 2.27. The van der Waals surface area contributed by atoms with Crippen LogP contribution in [-0.4, -0.2) is 26.2 Å². The van der Waals surface area contributed by atoms with Crippen LogP contribution in [0.25, 0.3) is 0 Å². The van der Waals surface area contributed by atoms with Gasteiger partial charge in [-0.25, -0.2) is 4.39 Å². The van der Waals surface area contributed by atoms with E-state index in [1.807, 2.05) is 0 Å². The fourth-order valence-corrected chi connectivity index (χ4v) is 0.753. The van der Waals surface area contributed by atoms with Crippen LogP contribution in [-0.2, 0) is 9.47 Å². The van der Waals surface area contributed by atoms with Gasteiger partial charge in [-0.1, -0.05) is 0 Å². The van der Waals surface area contributed by atoms with Crippen LogP contribution in [0.1, 0.15) is 6.42 Å². The van der Waals surface area contributed by atoms with E-state index < -0.39 is 12.5 Å². The van der Waals surface area contributed by atoms with Gasteiger partial charge in [-0.2, -0.15) is 0 Å². The van der Waals surface area contributed by atoms with Crippen molar-refractivity contribution >= 4 is 0 Å². The summed E-state index contributed by atoms with van der Waals surface area (Å²) in [5, 5.41) is 0. The Kier molecular flexibility index (Phi) is 1.81. The lowest BCUT2D eigenvalue weighted by Crippen LogP contribution is -2.18. The maximum atomic E-state index is 12.3. The molecule has 0 aromatic rings. The molecule has 0 amide bonds. The number of hydrogen-bond acceptors (Lipinski definition) is 2. The van der Waals surface area contributed by atoms with E-state index in [4.69, 9.17) is 4.74 Å². The van der Waals surface area contributed by atoms with E-state index in [0.717, 1.165) is 0 Å². The Morgan fingerprint density at radius 2 is 2.50 bits per heavy atom. The molecule has 1 aliphatic heterocycles. The smallest absolute Gasteiger partial charge is 0.188 e. The highest BCUT2D eigenvalue weighted by molar-refractivity contribution is 4.66. The average Bonchev–Trinajstić information content (AvgIpc) is 2.14. The van der Waals surface area contributed by atoms with Gasteiger partial charge in [-0.15, -0.1) is 0 Å². The number of halogens is 1. The van der Waals surface area contributed by atoms with Gasteiger partial charge >= 0.3 is 0 Å². The van der Waals surface area contributed by atoms with Crippen molar-refractivity contribution in [3.63, 3.8) is 0 Å². The molecule has 48 valence electrons. The fraction of sp³-hybridized carbons (Fsp3) is 1.00. The van der Waals surface area contributed by atoms with Gasteiger partial charge in [0.1, 0.15) is 0 Å². The van der Waals surface area contributed by atoms with Crippen LogP contribution in [0, 0.1) is 0 Å². The highest BCUT2D eigenvalue weighted by atomic mass is 19.1. The van der Waals surface area contributed by atoms with Gasteiger partial charge in [-0.05, 0) is 0 Å². The minimum atomic E-state index is -0.917. The minimum absolute atomic E-state index is 0.471. The van der Waals surface area contributed by atoms with Crippen molar-refractivity contribution in [2.24, 2.45) is 0 Å². The molecule has 1 aliphatic rings. The summed E-state index contributed by atoms with van der Waals surface area (Å²) in [4.78, 5) is 0. The van der Waals surface area contributed by atoms with E-state index in [1.54, 1.807) is 0 Å². The standard InChI is InChI=1S/C5H9FO2/c1-7-5-4(6)2-3-8-5/h4-5H,2-3H2,1H3/t4-,5?/m0/s1. The molecule has 0 radical (unpaired) electrons. The van der Waals surface area contributed by atoms with Gasteiger partial charge in [0, 0.05) is 13.5 Å². The first-order valence-electron chi connectivity index (χ1n) is 2.63. The summed E-state index contributed by atoms with van der Waals surface area (Å²) in [7, 11) is 1.45. The van der Waals surface area contributed by atoms with Crippen LogP contribution in [0.4, 0.5) is 4.39 Å². The molecular formula is C5H9FO2. The Balaban J connectivity index is 2.30. The summed E-state index contributed by atoms with van der Waals surface area (Å²) in [6, 6.07) is 0. The molecule has 1 heterocycles. The first-order valence-corrected chi connectivity index (χ1v) is 2.63. The molecule has 0 aliphatic carbocycles. The Hall–Kier alpha value is -0.150. The highest BCUT2D eigenvalue weighted by Crippen LogP contribution is 2.16. The van der Waals surface area contributed by atoms with Crippen LogP contribution < -0.4 is 0 Å². The third-order valence-corrected chi connectivity index (χ3v) is 1.20. The Morgan fingerprint density at radius 1 is 1.75 bits per heavy atom. The van der Waals surface area contributed by atoms with Crippen LogP contribution in [0.2, 0.25) is 0 Å². The van der Waals surface area contributed by atoms with Crippen LogP contribution in [0.3, 0.4) is 0 Å². The zero-order chi connectivity index (χ0) is 5.98. The molecule has 8 heavy (non-hydrogen) atoms. The predicted octanol–water partition coefficient (Wildman–Crippen LogP) is 0.717. The molecule has 2 atom stereocenters. The number of ether oxygens (including phenoxy) is 2. The van der Waals surface area contributed by atoms with Gasteiger partial charge in [0.25, 0.3) is 0 Å². The maximum Gasteiger partial charge on any atom is 0.188 e. The molecule has 1 unspecified atom stereocenters. The molecule has 0 aromatic heterocycles. The van der Waals surface area contributed by atoms with Gasteiger partial charge in [0.05, 0.1) is 6.61 Å². The summed E-state index contributed by atoms with van der Waals surface area (Å²) >= 11 is 0. The van der Waals surface area contributed by atoms with E-state index in [-0.39, 0.29) is 0 Å². The molecule has 1 rings (SSSR count). The molecule has 0 aromatic carbocycles. The van der Waals surface area contributed by atoms with Crippen molar-refractivity contribution in [3.8, 4) is 0 Å². The molecule has 0 spiro atoms. The molecule has 0 bridgehead atoms. The van der Waals surface area contributed by atoms with Crippen LogP contribution in [0.5, 0.6) is 0 Å². The second kappa shape index (κ2) is 2.42. The van der Waals surface area contributed by atoms with Crippen molar-refractivity contribution in [1.82, 2.24) is 0 Å². The van der Waals surface area contributed by atoms with Crippen molar-refractivity contribution in [2.75, 3.05) is 13.7 Å². The van der Waals surface area contributed by atoms with Crippen molar-refractivity contribution in [3.05, 3.63) is 0 Å². The van der Waals surface area contributed by atoms with Crippen molar-refractivity contribution in [2.45, 2.75) is 18.9 Å². The average molecular weight is 120 g/mol. The lowest BCUT2D eigenvalue weighted by Gasteiger charge is -2.07. The number of rotatable bonds is 1. The molecular weight excluding hydrogens is 111 g/mol. The summed E-state index contributed by atoms with van der Waals surface area (Å²) < 4.78 is 21.8. The lowest BCUT2D eigenvalue weighted by atomic mass is 10.3. The minimum Gasteiger partial charge on any atom is -0.353 e. The van der Waals surface area contributed by atoms with Crippen molar-refractivity contribution in [1.29, 1.82) is 0 Å². The molecule has 0 saturated carbocycles. The molecule has 1 fully saturated rings. The van der Waals surface area contributed by atoms with E-state index in [2.05, 4.69) is 4.74 Å². The zero-order valence-corrected chi connectivity index (χ0v) is 4.76. The monoisotopic (exact) mass is 120 g/mol. The first-order chi connectivity index (χ1) is 3.84. The van der Waals surface area contributed by atoms with Crippen LogP contribution in [0.15, 0.2) is 0 Å². The van der Waals surface area contributed by atoms with Crippen LogP contribution >= 0.6 is 0 Å². The predicted molar refractivity (Wildman–Crippen MR) is 26.3 cm³/mol. The van der Waals surface area contributed by atoms with E-state index in [1.165, 1.54) is 7.11 Å². The molecule has 0 N–H and O–H groups in total. The number of methoxy groups -OCH3 is 1. The van der Waals surface area contributed by atoms with E-state index >= 15 is 0 Å². The SMILES string of the molecule is COC1OCC[C@@H]1F. The summed E-state index contributed by atoms with van der Waals surface area (Å²) in [5.41, 5.74) is 0. The zero-order valence-electron chi connectivity index (χ0n) is 4.76. The third kappa shape index (κ3) is 0.980. The molecule has 3 heteroatoms. The van der Waals surface area contributed by atoms with Gasteiger partial charge < -0.3 is 9.47 Å². The maximum absolute atomic E-state index is 12.3. The molecule has 1 saturated heterocycles. The fourth-order valence-electron chi connectivity index (χ4n) is 0.753. The lowest BCUT2D eigenvalue weighted by molar-refractivity contribution is -0.114. The summed E-state index contributed by atoms with van der Waals surface area (Å²) in [6.07, 6.45) is -1.05.